The molecule has 1 aliphatic rings. The molecule has 0 spiro atoms. The minimum Gasteiger partial charge on any atom is -0.391 e. The molecule has 1 aromatic heterocycles. The van der Waals surface area contributed by atoms with E-state index in [2.05, 4.69) is 10.5 Å². The maximum Gasteiger partial charge on any atom is 0.273 e. The monoisotopic (exact) mass is 404 g/mol. The molecule has 156 valence electrons. The van der Waals surface area contributed by atoms with Gasteiger partial charge in [-0.2, -0.15) is 0 Å². The number of hydrogen-bond donors (Lipinski definition) is 3. The molecule has 0 radical (unpaired) electrons. The van der Waals surface area contributed by atoms with Gasteiger partial charge in [0, 0.05) is 31.3 Å². The lowest BCUT2D eigenvalue weighted by atomic mass is 10.1. The minimum absolute atomic E-state index is 0.174. The van der Waals surface area contributed by atoms with Crippen LogP contribution in [0.4, 0.5) is 4.39 Å². The Morgan fingerprint density at radius 3 is 2.69 bits per heavy atom. The Kier molecular flexibility index (Phi) is 6.95. The van der Waals surface area contributed by atoms with Gasteiger partial charge in [0.25, 0.3) is 5.91 Å². The summed E-state index contributed by atoms with van der Waals surface area (Å²) >= 11 is 0. The molecule has 0 unspecified atom stereocenters. The third-order valence-electron chi connectivity index (χ3n) is 5.04. The van der Waals surface area contributed by atoms with Crippen LogP contribution in [-0.4, -0.2) is 59.3 Å². The summed E-state index contributed by atoms with van der Waals surface area (Å²) < 4.78 is 18.1. The van der Waals surface area contributed by atoms with E-state index in [1.807, 2.05) is 4.90 Å². The van der Waals surface area contributed by atoms with E-state index in [1.165, 1.54) is 18.2 Å². The molecule has 1 fully saturated rings. The van der Waals surface area contributed by atoms with Crippen molar-refractivity contribution in [3.8, 4) is 11.3 Å². The molecule has 0 bridgehead atoms. The SMILES string of the molecule is NC(=O)[C@@H]1CN(CCCCCNC(=O)c2cc(-c3ccc(F)cc3)on2)C[C@@H]1O. The largest absolute Gasteiger partial charge is 0.391 e. The van der Waals surface area contributed by atoms with Gasteiger partial charge in [-0.05, 0) is 43.7 Å². The van der Waals surface area contributed by atoms with E-state index in [-0.39, 0.29) is 17.4 Å². The predicted molar refractivity (Wildman–Crippen MR) is 103 cm³/mol. The topological polar surface area (TPSA) is 122 Å². The zero-order valence-electron chi connectivity index (χ0n) is 16.0. The fourth-order valence-corrected chi connectivity index (χ4v) is 3.39. The Morgan fingerprint density at radius 1 is 1.24 bits per heavy atom. The van der Waals surface area contributed by atoms with Crippen LogP contribution in [0.25, 0.3) is 11.3 Å². The lowest BCUT2D eigenvalue weighted by molar-refractivity contribution is -0.123. The number of nitrogens with two attached hydrogens (primary N) is 1. The van der Waals surface area contributed by atoms with Gasteiger partial charge >= 0.3 is 0 Å². The number of nitrogens with zero attached hydrogens (tertiary/aromatic N) is 2. The van der Waals surface area contributed by atoms with Gasteiger partial charge in [0.1, 0.15) is 5.82 Å². The molecular formula is C20H25FN4O4. The highest BCUT2D eigenvalue weighted by Crippen LogP contribution is 2.20. The van der Waals surface area contributed by atoms with Gasteiger partial charge in [-0.15, -0.1) is 0 Å². The average Bonchev–Trinajstić information content (AvgIpc) is 3.32. The average molecular weight is 404 g/mol. The number of amides is 2. The third kappa shape index (κ3) is 5.61. The van der Waals surface area contributed by atoms with Crippen LogP contribution < -0.4 is 11.1 Å². The van der Waals surface area contributed by atoms with Crippen molar-refractivity contribution in [1.82, 2.24) is 15.4 Å². The molecule has 1 aliphatic heterocycles. The number of β-amino-alcohol motifs (C(OH)–C–C–N with tert-alkyl or cyclic N) is 1. The Hall–Kier alpha value is -2.78. The van der Waals surface area contributed by atoms with Crippen molar-refractivity contribution in [3.63, 3.8) is 0 Å². The van der Waals surface area contributed by atoms with E-state index in [1.54, 1.807) is 12.1 Å². The van der Waals surface area contributed by atoms with Crippen LogP contribution >= 0.6 is 0 Å². The standard InChI is InChI=1S/C20H25FN4O4/c21-14-6-4-13(5-7-14)18-10-16(24-29-18)20(28)23-8-2-1-3-9-25-11-15(19(22)27)17(26)12-25/h4-7,10,15,17,26H,1-3,8-9,11-12H2,(H2,22,27)(H,23,28)/t15-,17+/m1/s1. The van der Waals surface area contributed by atoms with Crippen LogP contribution in [0.1, 0.15) is 29.8 Å². The van der Waals surface area contributed by atoms with Crippen molar-refractivity contribution < 1.29 is 23.6 Å². The number of carbonyl (C=O) groups excluding carboxylic acids is 2. The van der Waals surface area contributed by atoms with Gasteiger partial charge in [0.05, 0.1) is 12.0 Å². The summed E-state index contributed by atoms with van der Waals surface area (Å²) in [7, 11) is 0. The number of benzene rings is 1. The van der Waals surface area contributed by atoms with Gasteiger partial charge < -0.3 is 20.7 Å². The number of aromatic nitrogens is 1. The Morgan fingerprint density at radius 2 is 2.00 bits per heavy atom. The molecule has 4 N–H and O–H groups in total. The summed E-state index contributed by atoms with van der Waals surface area (Å²) in [5, 5.41) is 16.4. The quantitative estimate of drug-likeness (QED) is 0.539. The second kappa shape index (κ2) is 9.62. The van der Waals surface area contributed by atoms with Gasteiger partial charge in [-0.3, -0.25) is 14.5 Å². The molecular weight excluding hydrogens is 379 g/mol. The third-order valence-corrected chi connectivity index (χ3v) is 5.04. The number of primary amides is 1. The molecule has 29 heavy (non-hydrogen) atoms. The number of nitrogens with one attached hydrogen (secondary N) is 1. The molecule has 2 atom stereocenters. The van der Waals surface area contributed by atoms with Crippen molar-refractivity contribution in [2.45, 2.75) is 25.4 Å². The van der Waals surface area contributed by atoms with Crippen molar-refractivity contribution in [3.05, 3.63) is 41.8 Å². The summed E-state index contributed by atoms with van der Waals surface area (Å²) in [4.78, 5) is 25.4. The van der Waals surface area contributed by atoms with Crippen molar-refractivity contribution >= 4 is 11.8 Å². The van der Waals surface area contributed by atoms with Crippen LogP contribution in [0.3, 0.4) is 0 Å². The number of aliphatic hydroxyl groups excluding tert-OH is 1. The van der Waals surface area contributed by atoms with Crippen LogP contribution in [0.5, 0.6) is 0 Å². The fraction of sp³-hybridized carbons (Fsp3) is 0.450. The van der Waals surface area contributed by atoms with E-state index in [4.69, 9.17) is 10.3 Å². The molecule has 8 nitrogen and oxygen atoms in total. The fourth-order valence-electron chi connectivity index (χ4n) is 3.39. The summed E-state index contributed by atoms with van der Waals surface area (Å²) in [6.45, 7) is 2.24. The molecule has 0 saturated carbocycles. The maximum absolute atomic E-state index is 13.0. The Labute approximate surface area is 167 Å². The molecule has 2 heterocycles. The number of rotatable bonds is 9. The lowest BCUT2D eigenvalue weighted by Crippen LogP contribution is -2.32. The predicted octanol–water partition coefficient (Wildman–Crippen LogP) is 1.16. The van der Waals surface area contributed by atoms with Gasteiger partial charge in [0.15, 0.2) is 11.5 Å². The second-order valence-corrected chi connectivity index (χ2v) is 7.24. The number of unbranched alkanes of at least 4 members (excludes halogenated alkanes) is 2. The second-order valence-electron chi connectivity index (χ2n) is 7.24. The normalized spacial score (nSPS) is 19.4. The molecule has 3 rings (SSSR count). The highest BCUT2D eigenvalue weighted by Gasteiger charge is 2.34. The van der Waals surface area contributed by atoms with E-state index < -0.39 is 17.9 Å². The number of halogens is 1. The smallest absolute Gasteiger partial charge is 0.273 e. The highest BCUT2D eigenvalue weighted by molar-refractivity contribution is 5.93. The van der Waals surface area contributed by atoms with Crippen molar-refractivity contribution in [1.29, 1.82) is 0 Å². The van der Waals surface area contributed by atoms with Crippen LogP contribution in [-0.2, 0) is 4.79 Å². The molecule has 9 heteroatoms. The summed E-state index contributed by atoms with van der Waals surface area (Å²) in [6, 6.07) is 7.27. The number of likely N-dealkylation sites (tertiary alicyclic amines) is 1. The highest BCUT2D eigenvalue weighted by atomic mass is 19.1. The zero-order valence-corrected chi connectivity index (χ0v) is 16.0. The number of hydrogen-bond acceptors (Lipinski definition) is 6. The molecule has 1 saturated heterocycles. The first-order valence-electron chi connectivity index (χ1n) is 9.64. The van der Waals surface area contributed by atoms with E-state index >= 15 is 0 Å². The van der Waals surface area contributed by atoms with Crippen LogP contribution in [0, 0.1) is 11.7 Å². The molecule has 1 aromatic carbocycles. The van der Waals surface area contributed by atoms with Crippen molar-refractivity contribution in [2.24, 2.45) is 11.7 Å². The lowest BCUT2D eigenvalue weighted by Gasteiger charge is -2.14. The molecule has 2 amide bonds. The van der Waals surface area contributed by atoms with Crippen molar-refractivity contribution in [2.75, 3.05) is 26.2 Å². The first-order valence-corrected chi connectivity index (χ1v) is 9.64. The summed E-state index contributed by atoms with van der Waals surface area (Å²) in [5.74, 6) is -1.22. The van der Waals surface area contributed by atoms with E-state index in [9.17, 15) is 19.1 Å². The number of aliphatic hydroxyl groups is 1. The van der Waals surface area contributed by atoms with Gasteiger partial charge in [0.2, 0.25) is 5.91 Å². The zero-order chi connectivity index (χ0) is 20.8. The molecule has 0 aliphatic carbocycles. The van der Waals surface area contributed by atoms with Crippen LogP contribution in [0.15, 0.2) is 34.9 Å². The number of carbonyl (C=O) groups is 2. The van der Waals surface area contributed by atoms with Gasteiger partial charge in [-0.25, -0.2) is 4.39 Å². The van der Waals surface area contributed by atoms with Gasteiger partial charge in [-0.1, -0.05) is 11.6 Å². The Balaban J connectivity index is 1.33. The molecule has 2 aromatic rings. The van der Waals surface area contributed by atoms with E-state index in [0.29, 0.717) is 31.0 Å². The Bertz CT molecular complexity index is 839. The minimum atomic E-state index is -0.686. The first kappa shape index (κ1) is 20.9. The first-order chi connectivity index (χ1) is 13.9. The maximum atomic E-state index is 13.0. The van der Waals surface area contributed by atoms with Crippen LogP contribution in [0.2, 0.25) is 0 Å². The summed E-state index contributed by atoms with van der Waals surface area (Å²) in [5.41, 5.74) is 6.09. The summed E-state index contributed by atoms with van der Waals surface area (Å²) in [6.07, 6.45) is 1.90. The van der Waals surface area contributed by atoms with E-state index in [0.717, 1.165) is 25.8 Å².